The zero-order valence-electron chi connectivity index (χ0n) is 13.6. The Hall–Kier alpha value is -1.32. The van der Waals surface area contributed by atoms with Crippen molar-refractivity contribution in [2.24, 2.45) is 5.92 Å². The molecule has 1 aliphatic heterocycles. The van der Waals surface area contributed by atoms with Gasteiger partial charge in [0.25, 0.3) is 0 Å². The molecule has 120 valence electrons. The molecule has 0 aromatic heterocycles. The predicted molar refractivity (Wildman–Crippen MR) is 104 cm³/mol. The Morgan fingerprint density at radius 1 is 1.04 bits per heavy atom. The summed E-state index contributed by atoms with van der Waals surface area (Å²) in [5.74, 6) is 0.787. The Kier molecular flexibility index (Phi) is 5.74. The molecule has 23 heavy (non-hydrogen) atoms. The maximum Gasteiger partial charge on any atom is 0.109 e. The smallest absolute Gasteiger partial charge is 0.109 e. The molecule has 3 rings (SSSR count). The van der Waals surface area contributed by atoms with Crippen LogP contribution in [0.2, 0.25) is 0 Å². The SMILES string of the molecule is CSc1ccc(C(=S)N2CCC(Cc3ccccc3)CC2)cc1. The monoisotopic (exact) mass is 341 g/mol. The van der Waals surface area contributed by atoms with Gasteiger partial charge in [-0.05, 0) is 49.1 Å². The Balaban J connectivity index is 1.54. The van der Waals surface area contributed by atoms with E-state index in [4.69, 9.17) is 12.2 Å². The van der Waals surface area contributed by atoms with E-state index in [1.807, 2.05) is 0 Å². The minimum absolute atomic E-state index is 0.787. The summed E-state index contributed by atoms with van der Waals surface area (Å²) in [5.41, 5.74) is 2.64. The predicted octanol–water partition coefficient (Wildman–Crippen LogP) is 5.04. The second-order valence-electron chi connectivity index (χ2n) is 6.15. The van der Waals surface area contributed by atoms with Gasteiger partial charge >= 0.3 is 0 Å². The van der Waals surface area contributed by atoms with Crippen LogP contribution in [0.3, 0.4) is 0 Å². The first kappa shape index (κ1) is 16.5. The lowest BCUT2D eigenvalue weighted by atomic mass is 9.90. The fourth-order valence-electron chi connectivity index (χ4n) is 3.20. The maximum atomic E-state index is 5.71. The summed E-state index contributed by atoms with van der Waals surface area (Å²) >= 11 is 7.48. The number of hydrogen-bond donors (Lipinski definition) is 0. The standard InChI is InChI=1S/C20H23NS2/c1-23-19-9-7-18(8-10-19)20(22)21-13-11-17(12-14-21)15-16-5-3-2-4-6-16/h2-10,17H,11-15H2,1H3. The van der Waals surface area contributed by atoms with Crippen molar-refractivity contribution in [3.05, 3.63) is 65.7 Å². The molecular weight excluding hydrogens is 318 g/mol. The lowest BCUT2D eigenvalue weighted by molar-refractivity contribution is 0.268. The van der Waals surface area contributed by atoms with Crippen molar-refractivity contribution < 1.29 is 0 Å². The van der Waals surface area contributed by atoms with E-state index in [1.165, 1.54) is 35.3 Å². The summed E-state index contributed by atoms with van der Waals surface area (Å²) in [5, 5.41) is 0. The first-order valence-corrected chi connectivity index (χ1v) is 9.87. The van der Waals surface area contributed by atoms with E-state index in [0.717, 1.165) is 24.0 Å². The third kappa shape index (κ3) is 4.36. The number of thioether (sulfide) groups is 1. The molecule has 2 aromatic carbocycles. The second kappa shape index (κ2) is 7.98. The van der Waals surface area contributed by atoms with Crippen molar-refractivity contribution in [1.82, 2.24) is 4.90 Å². The van der Waals surface area contributed by atoms with Gasteiger partial charge < -0.3 is 4.90 Å². The Morgan fingerprint density at radius 2 is 1.70 bits per heavy atom. The minimum atomic E-state index is 0.787. The van der Waals surface area contributed by atoms with E-state index < -0.39 is 0 Å². The van der Waals surface area contributed by atoms with Crippen LogP contribution in [0.1, 0.15) is 24.0 Å². The second-order valence-corrected chi connectivity index (χ2v) is 7.42. The Morgan fingerprint density at radius 3 is 2.30 bits per heavy atom. The van der Waals surface area contributed by atoms with E-state index in [0.29, 0.717) is 0 Å². The molecule has 2 aromatic rings. The number of rotatable bonds is 4. The Labute approximate surface area is 149 Å². The van der Waals surface area contributed by atoms with Crippen LogP contribution in [0.4, 0.5) is 0 Å². The molecule has 3 heteroatoms. The van der Waals surface area contributed by atoms with Gasteiger partial charge in [0.2, 0.25) is 0 Å². The molecule has 0 atom stereocenters. The minimum Gasteiger partial charge on any atom is -0.362 e. The average molecular weight is 342 g/mol. The number of hydrogen-bond acceptors (Lipinski definition) is 2. The van der Waals surface area contributed by atoms with Crippen molar-refractivity contribution in [3.63, 3.8) is 0 Å². The van der Waals surface area contributed by atoms with Crippen molar-refractivity contribution in [2.75, 3.05) is 19.3 Å². The first-order chi connectivity index (χ1) is 11.3. The lowest BCUT2D eigenvalue weighted by Gasteiger charge is -2.34. The zero-order chi connectivity index (χ0) is 16.1. The van der Waals surface area contributed by atoms with E-state index in [-0.39, 0.29) is 0 Å². The molecule has 0 bridgehead atoms. The molecule has 0 unspecified atom stereocenters. The molecule has 0 spiro atoms. The van der Waals surface area contributed by atoms with Crippen LogP contribution in [-0.4, -0.2) is 29.2 Å². The number of benzene rings is 2. The molecule has 1 heterocycles. The highest BCUT2D eigenvalue weighted by atomic mass is 32.2. The van der Waals surface area contributed by atoms with E-state index in [2.05, 4.69) is 65.8 Å². The van der Waals surface area contributed by atoms with Crippen LogP contribution >= 0.6 is 24.0 Å². The summed E-state index contributed by atoms with van der Waals surface area (Å²) in [6.45, 7) is 2.17. The third-order valence-electron chi connectivity index (χ3n) is 4.61. The Bertz CT molecular complexity index is 628. The van der Waals surface area contributed by atoms with Gasteiger partial charge in [-0.25, -0.2) is 0 Å². The number of likely N-dealkylation sites (tertiary alicyclic amines) is 1. The normalized spacial score (nSPS) is 15.6. The average Bonchev–Trinajstić information content (AvgIpc) is 2.63. The number of thiocarbonyl (C=S) groups is 1. The molecular formula is C20H23NS2. The molecule has 1 aliphatic rings. The lowest BCUT2D eigenvalue weighted by Crippen LogP contribution is -2.38. The van der Waals surface area contributed by atoms with E-state index in [9.17, 15) is 0 Å². The summed E-state index contributed by atoms with van der Waals surface area (Å²) in [7, 11) is 0. The van der Waals surface area contributed by atoms with Crippen LogP contribution in [0, 0.1) is 5.92 Å². The van der Waals surface area contributed by atoms with Gasteiger partial charge in [-0.3, -0.25) is 0 Å². The van der Waals surface area contributed by atoms with Gasteiger partial charge in [0.05, 0.1) is 0 Å². The van der Waals surface area contributed by atoms with Crippen molar-refractivity contribution in [2.45, 2.75) is 24.2 Å². The van der Waals surface area contributed by atoms with E-state index >= 15 is 0 Å². The highest BCUT2D eigenvalue weighted by Crippen LogP contribution is 2.24. The summed E-state index contributed by atoms with van der Waals surface area (Å²) < 4.78 is 0. The third-order valence-corrected chi connectivity index (χ3v) is 5.84. The quantitative estimate of drug-likeness (QED) is 0.566. The summed E-state index contributed by atoms with van der Waals surface area (Å²) in [6, 6.07) is 19.5. The van der Waals surface area contributed by atoms with Gasteiger partial charge in [0.15, 0.2) is 0 Å². The molecule has 1 nitrogen and oxygen atoms in total. The van der Waals surface area contributed by atoms with Crippen molar-refractivity contribution >= 4 is 29.0 Å². The number of nitrogens with zero attached hydrogens (tertiary/aromatic N) is 1. The maximum absolute atomic E-state index is 5.71. The van der Waals surface area contributed by atoms with Gasteiger partial charge in [-0.1, -0.05) is 54.7 Å². The van der Waals surface area contributed by atoms with Crippen LogP contribution in [0.5, 0.6) is 0 Å². The van der Waals surface area contributed by atoms with Crippen LogP contribution in [0.25, 0.3) is 0 Å². The topological polar surface area (TPSA) is 3.24 Å². The van der Waals surface area contributed by atoms with Gasteiger partial charge in [-0.2, -0.15) is 0 Å². The number of piperidine rings is 1. The molecule has 1 fully saturated rings. The van der Waals surface area contributed by atoms with Gasteiger partial charge in [0, 0.05) is 23.5 Å². The molecule has 0 radical (unpaired) electrons. The highest BCUT2D eigenvalue weighted by molar-refractivity contribution is 7.98. The van der Waals surface area contributed by atoms with Gasteiger partial charge in [0.1, 0.15) is 4.99 Å². The van der Waals surface area contributed by atoms with Gasteiger partial charge in [-0.15, -0.1) is 11.8 Å². The summed E-state index contributed by atoms with van der Waals surface area (Å²) in [4.78, 5) is 4.68. The first-order valence-electron chi connectivity index (χ1n) is 8.23. The fourth-order valence-corrected chi connectivity index (χ4v) is 3.93. The van der Waals surface area contributed by atoms with Crippen molar-refractivity contribution in [1.29, 1.82) is 0 Å². The molecule has 0 saturated carbocycles. The zero-order valence-corrected chi connectivity index (χ0v) is 15.2. The molecule has 0 amide bonds. The highest BCUT2D eigenvalue weighted by Gasteiger charge is 2.21. The molecule has 0 N–H and O–H groups in total. The molecule has 0 aliphatic carbocycles. The fraction of sp³-hybridized carbons (Fsp3) is 0.350. The van der Waals surface area contributed by atoms with Crippen LogP contribution in [0.15, 0.2) is 59.5 Å². The van der Waals surface area contributed by atoms with Crippen LogP contribution in [-0.2, 0) is 6.42 Å². The largest absolute Gasteiger partial charge is 0.362 e. The molecule has 1 saturated heterocycles. The summed E-state index contributed by atoms with van der Waals surface area (Å²) in [6.07, 6.45) is 5.77. The van der Waals surface area contributed by atoms with Crippen molar-refractivity contribution in [3.8, 4) is 0 Å². The van der Waals surface area contributed by atoms with E-state index in [1.54, 1.807) is 11.8 Å². The van der Waals surface area contributed by atoms with Crippen LogP contribution < -0.4 is 0 Å².